The molecule has 0 aromatic heterocycles. The minimum absolute atomic E-state index is 0.0534. The summed E-state index contributed by atoms with van der Waals surface area (Å²) in [7, 11) is 0. The number of Topliss-reactive ketones (excluding diaryl/α,β-unsaturated/α-hetero) is 1. The summed E-state index contributed by atoms with van der Waals surface area (Å²) in [6.45, 7) is 15.0. The molecular weight excluding hydrogens is 356 g/mol. The third-order valence-electron chi connectivity index (χ3n) is 5.91. The van der Waals surface area contributed by atoms with Crippen LogP contribution in [0.5, 0.6) is 0 Å². The quantitative estimate of drug-likeness (QED) is 0.287. The van der Waals surface area contributed by atoms with E-state index in [2.05, 4.69) is 27.0 Å². The van der Waals surface area contributed by atoms with Crippen molar-refractivity contribution < 1.29 is 23.9 Å². The van der Waals surface area contributed by atoms with E-state index in [1.807, 2.05) is 6.92 Å². The number of carbonyl (C=O) groups is 3. The van der Waals surface area contributed by atoms with E-state index < -0.39 is 17.5 Å². The Kier molecular flexibility index (Phi) is 9.12. The maximum absolute atomic E-state index is 12.6. The largest absolute Gasteiger partial charge is 0.461 e. The first kappa shape index (κ1) is 24.1. The van der Waals surface area contributed by atoms with Crippen molar-refractivity contribution in [2.45, 2.75) is 78.2 Å². The average molecular weight is 393 g/mol. The molecule has 1 rings (SSSR count). The fraction of sp³-hybridized carbons (Fsp3) is 0.696. The Hall–Kier alpha value is -1.91. The Balaban J connectivity index is 3.00. The first-order chi connectivity index (χ1) is 13.1. The van der Waals surface area contributed by atoms with Gasteiger partial charge in [0.05, 0.1) is 0 Å². The van der Waals surface area contributed by atoms with Gasteiger partial charge in [-0.25, -0.2) is 0 Å². The number of rotatable bonds is 11. The maximum Gasteiger partial charge on any atom is 0.316 e. The Morgan fingerprint density at radius 2 is 1.82 bits per heavy atom. The van der Waals surface area contributed by atoms with Gasteiger partial charge >= 0.3 is 11.9 Å². The van der Waals surface area contributed by atoms with E-state index in [-0.39, 0.29) is 36.1 Å². The molecule has 1 unspecified atom stereocenters. The molecule has 0 aliphatic heterocycles. The van der Waals surface area contributed by atoms with Crippen LogP contribution in [-0.4, -0.2) is 29.9 Å². The third kappa shape index (κ3) is 6.61. The van der Waals surface area contributed by atoms with E-state index in [0.29, 0.717) is 19.3 Å². The minimum Gasteiger partial charge on any atom is -0.461 e. The molecule has 0 radical (unpaired) electrons. The van der Waals surface area contributed by atoms with Crippen LogP contribution in [0, 0.1) is 17.3 Å². The highest BCUT2D eigenvalue weighted by Crippen LogP contribution is 2.50. The Morgan fingerprint density at radius 3 is 2.39 bits per heavy atom. The SMILES string of the molecule is C=CCCC(=O)C(CC[C@@H]1C(C)(C)CCC[C@@]1(C)OC(C)=O)C(=O)OCC=C. The molecule has 0 spiro atoms. The van der Waals surface area contributed by atoms with Crippen LogP contribution in [0.25, 0.3) is 0 Å². The van der Waals surface area contributed by atoms with E-state index in [9.17, 15) is 14.4 Å². The van der Waals surface area contributed by atoms with Crippen molar-refractivity contribution in [1.82, 2.24) is 0 Å². The molecule has 0 saturated heterocycles. The highest BCUT2D eigenvalue weighted by Gasteiger charge is 2.49. The van der Waals surface area contributed by atoms with Gasteiger partial charge in [0.25, 0.3) is 0 Å². The number of hydrogen-bond acceptors (Lipinski definition) is 5. The van der Waals surface area contributed by atoms with Crippen molar-refractivity contribution in [3.63, 3.8) is 0 Å². The lowest BCUT2D eigenvalue weighted by Crippen LogP contribution is -2.50. The molecule has 1 fully saturated rings. The monoisotopic (exact) mass is 392 g/mol. The van der Waals surface area contributed by atoms with Crippen LogP contribution < -0.4 is 0 Å². The maximum atomic E-state index is 12.6. The predicted molar refractivity (Wildman–Crippen MR) is 110 cm³/mol. The van der Waals surface area contributed by atoms with E-state index in [1.54, 1.807) is 6.08 Å². The smallest absolute Gasteiger partial charge is 0.316 e. The molecule has 0 aromatic rings. The molecule has 0 heterocycles. The standard InChI is InChI=1S/C23H36O5/c1-7-9-11-19(25)18(21(26)27-16-8-2)12-13-20-22(4,5)14-10-15-23(20,6)28-17(3)24/h7-8,18,20H,1-2,9-16H2,3-6H3/t18?,20-,23-/m1/s1. The Labute approximate surface area is 169 Å². The summed E-state index contributed by atoms with van der Waals surface area (Å²) in [6.07, 6.45) is 7.76. The fourth-order valence-corrected chi connectivity index (χ4v) is 4.62. The predicted octanol–water partition coefficient (Wildman–Crippen LogP) is 4.80. The molecular formula is C23H36O5. The summed E-state index contributed by atoms with van der Waals surface area (Å²) in [5.74, 6) is -1.68. The van der Waals surface area contributed by atoms with Crippen molar-refractivity contribution in [1.29, 1.82) is 0 Å². The molecule has 0 bridgehead atoms. The highest BCUT2D eigenvalue weighted by atomic mass is 16.6. The van der Waals surface area contributed by atoms with E-state index in [4.69, 9.17) is 9.47 Å². The van der Waals surface area contributed by atoms with Crippen LogP contribution in [0.3, 0.4) is 0 Å². The molecule has 1 saturated carbocycles. The van der Waals surface area contributed by atoms with Crippen LogP contribution in [-0.2, 0) is 23.9 Å². The second-order valence-corrected chi connectivity index (χ2v) is 8.64. The Morgan fingerprint density at radius 1 is 1.14 bits per heavy atom. The number of hydrogen-bond donors (Lipinski definition) is 0. The van der Waals surface area contributed by atoms with Gasteiger partial charge in [0.2, 0.25) is 0 Å². The topological polar surface area (TPSA) is 69.7 Å². The lowest BCUT2D eigenvalue weighted by atomic mass is 9.60. The summed E-state index contributed by atoms with van der Waals surface area (Å²) >= 11 is 0. The second kappa shape index (κ2) is 10.6. The second-order valence-electron chi connectivity index (χ2n) is 8.64. The lowest BCUT2D eigenvalue weighted by molar-refractivity contribution is -0.176. The van der Waals surface area contributed by atoms with Crippen molar-refractivity contribution in [3.05, 3.63) is 25.3 Å². The number of allylic oxidation sites excluding steroid dienone is 1. The summed E-state index contributed by atoms with van der Waals surface area (Å²) in [6, 6.07) is 0. The van der Waals surface area contributed by atoms with E-state index in [1.165, 1.54) is 13.0 Å². The number of ketones is 1. The lowest BCUT2D eigenvalue weighted by Gasteiger charge is -2.50. The van der Waals surface area contributed by atoms with Gasteiger partial charge in [-0.2, -0.15) is 0 Å². The van der Waals surface area contributed by atoms with Crippen LogP contribution >= 0.6 is 0 Å². The van der Waals surface area contributed by atoms with Crippen LogP contribution in [0.4, 0.5) is 0 Å². The number of carbonyl (C=O) groups excluding carboxylic acids is 3. The first-order valence-electron chi connectivity index (χ1n) is 10.2. The summed E-state index contributed by atoms with van der Waals surface area (Å²) in [5, 5.41) is 0. The van der Waals surface area contributed by atoms with E-state index in [0.717, 1.165) is 19.3 Å². The molecule has 1 aliphatic rings. The molecule has 5 nitrogen and oxygen atoms in total. The van der Waals surface area contributed by atoms with Crippen molar-refractivity contribution in [3.8, 4) is 0 Å². The highest BCUT2D eigenvalue weighted by molar-refractivity contribution is 5.99. The first-order valence-corrected chi connectivity index (χ1v) is 10.2. The summed E-state index contributed by atoms with van der Waals surface area (Å²) in [4.78, 5) is 36.8. The molecule has 28 heavy (non-hydrogen) atoms. The van der Waals surface area contributed by atoms with Crippen LogP contribution in [0.15, 0.2) is 25.3 Å². The average Bonchev–Trinajstić information content (AvgIpc) is 2.59. The third-order valence-corrected chi connectivity index (χ3v) is 5.91. The van der Waals surface area contributed by atoms with Gasteiger partial charge in [-0.3, -0.25) is 14.4 Å². The molecule has 5 heteroatoms. The molecule has 1 aliphatic carbocycles. The summed E-state index contributed by atoms with van der Waals surface area (Å²) in [5.41, 5.74) is -0.643. The van der Waals surface area contributed by atoms with Crippen LogP contribution in [0.1, 0.15) is 72.6 Å². The van der Waals surface area contributed by atoms with Gasteiger partial charge in [0.15, 0.2) is 0 Å². The zero-order valence-electron chi connectivity index (χ0n) is 17.9. The van der Waals surface area contributed by atoms with Gasteiger partial charge in [0.1, 0.15) is 23.9 Å². The zero-order chi connectivity index (χ0) is 21.4. The molecule has 158 valence electrons. The van der Waals surface area contributed by atoms with Crippen LogP contribution in [0.2, 0.25) is 0 Å². The molecule has 3 atom stereocenters. The van der Waals surface area contributed by atoms with Gasteiger partial charge < -0.3 is 9.47 Å². The minimum atomic E-state index is -0.806. The van der Waals surface area contributed by atoms with Gasteiger partial charge in [-0.05, 0) is 50.9 Å². The number of ether oxygens (including phenoxy) is 2. The normalized spacial score (nSPS) is 24.6. The van der Waals surface area contributed by atoms with Gasteiger partial charge in [-0.1, -0.05) is 32.6 Å². The fourth-order valence-electron chi connectivity index (χ4n) is 4.62. The summed E-state index contributed by atoms with van der Waals surface area (Å²) < 4.78 is 10.9. The number of esters is 2. The zero-order valence-corrected chi connectivity index (χ0v) is 17.9. The molecule has 0 N–H and O–H groups in total. The Bertz CT molecular complexity index is 568. The van der Waals surface area contributed by atoms with Gasteiger partial charge in [-0.15, -0.1) is 6.58 Å². The van der Waals surface area contributed by atoms with Crippen molar-refractivity contribution in [2.24, 2.45) is 17.3 Å². The van der Waals surface area contributed by atoms with Crippen molar-refractivity contribution in [2.75, 3.05) is 6.61 Å². The van der Waals surface area contributed by atoms with Gasteiger partial charge in [0, 0.05) is 19.3 Å². The molecule has 0 aromatic carbocycles. The molecule has 0 amide bonds. The van der Waals surface area contributed by atoms with Crippen molar-refractivity contribution >= 4 is 17.7 Å². The van der Waals surface area contributed by atoms with E-state index >= 15 is 0 Å².